The maximum absolute atomic E-state index is 13.0. The van der Waals surface area contributed by atoms with E-state index >= 15 is 0 Å². The van der Waals surface area contributed by atoms with Crippen LogP contribution in [0.25, 0.3) is 10.8 Å². The lowest BCUT2D eigenvalue weighted by Crippen LogP contribution is -2.29. The molecule has 0 saturated carbocycles. The number of hydrogen-bond donors (Lipinski definition) is 2. The van der Waals surface area contributed by atoms with E-state index < -0.39 is 0 Å². The zero-order valence-corrected chi connectivity index (χ0v) is 18.0. The van der Waals surface area contributed by atoms with Gasteiger partial charge >= 0.3 is 0 Å². The van der Waals surface area contributed by atoms with Gasteiger partial charge in [0.1, 0.15) is 12.4 Å². The Kier molecular flexibility index (Phi) is 7.15. The number of nitrogens with two attached hydrogens (primary N) is 1. The van der Waals surface area contributed by atoms with Crippen LogP contribution in [0.1, 0.15) is 29.2 Å². The van der Waals surface area contributed by atoms with Crippen LogP contribution in [0.2, 0.25) is 0 Å². The average Bonchev–Trinajstić information content (AvgIpc) is 2.85. The van der Waals surface area contributed by atoms with Crippen LogP contribution in [0.5, 0.6) is 5.75 Å². The quantitative estimate of drug-likeness (QED) is 0.397. The molecule has 3 N–H and O–H groups in total. The van der Waals surface area contributed by atoms with E-state index in [9.17, 15) is 4.79 Å². The lowest BCUT2D eigenvalue weighted by molar-refractivity contribution is -0.121. The summed E-state index contributed by atoms with van der Waals surface area (Å²) in [6.07, 6.45) is 1.06. The highest BCUT2D eigenvalue weighted by atomic mass is 16.5. The molecule has 0 aliphatic heterocycles. The molecule has 0 aromatic heterocycles. The zero-order chi connectivity index (χ0) is 22.2. The Morgan fingerprint density at radius 2 is 1.41 bits per heavy atom. The number of aryl methyl sites for hydroxylation is 1. The van der Waals surface area contributed by atoms with Gasteiger partial charge in [-0.1, -0.05) is 91.0 Å². The lowest BCUT2D eigenvalue weighted by atomic mass is 9.97. The van der Waals surface area contributed by atoms with Crippen molar-refractivity contribution in [3.8, 4) is 5.75 Å². The van der Waals surface area contributed by atoms with Gasteiger partial charge in [0.15, 0.2) is 0 Å². The van der Waals surface area contributed by atoms with Gasteiger partial charge in [-0.05, 0) is 34.6 Å². The van der Waals surface area contributed by atoms with Crippen LogP contribution in [-0.2, 0) is 11.2 Å². The summed E-state index contributed by atoms with van der Waals surface area (Å²) in [5.41, 5.74) is 8.85. The number of rotatable bonds is 9. The molecule has 4 nitrogen and oxygen atoms in total. The van der Waals surface area contributed by atoms with Gasteiger partial charge in [-0.3, -0.25) is 4.79 Å². The molecule has 0 fully saturated rings. The van der Waals surface area contributed by atoms with Crippen molar-refractivity contribution < 1.29 is 9.53 Å². The molecule has 0 unspecified atom stereocenters. The second-order valence-electron chi connectivity index (χ2n) is 7.73. The van der Waals surface area contributed by atoms with E-state index in [2.05, 4.69) is 17.4 Å². The smallest absolute Gasteiger partial charge is 0.221 e. The van der Waals surface area contributed by atoms with Crippen molar-refractivity contribution in [2.24, 2.45) is 5.73 Å². The highest BCUT2D eigenvalue weighted by Crippen LogP contribution is 2.29. The fourth-order valence-corrected chi connectivity index (χ4v) is 3.99. The minimum absolute atomic E-state index is 0.0234. The van der Waals surface area contributed by atoms with Crippen LogP contribution in [0.15, 0.2) is 97.1 Å². The van der Waals surface area contributed by atoms with Crippen LogP contribution in [0.4, 0.5) is 0 Å². The molecule has 32 heavy (non-hydrogen) atoms. The second kappa shape index (κ2) is 10.6. The first-order chi connectivity index (χ1) is 15.8. The molecule has 0 saturated heterocycles. The van der Waals surface area contributed by atoms with Crippen molar-refractivity contribution in [3.63, 3.8) is 0 Å². The summed E-state index contributed by atoms with van der Waals surface area (Å²) >= 11 is 0. The van der Waals surface area contributed by atoms with Gasteiger partial charge < -0.3 is 15.8 Å². The van der Waals surface area contributed by atoms with Gasteiger partial charge in [-0.15, -0.1) is 0 Å². The molecular formula is C28H28N2O2. The molecule has 0 aliphatic carbocycles. The summed E-state index contributed by atoms with van der Waals surface area (Å²) in [6, 6.07) is 32.1. The number of amides is 1. The summed E-state index contributed by atoms with van der Waals surface area (Å²) in [5, 5.41) is 5.39. The number of fused-ring (bicyclic) bond motifs is 1. The Labute approximate surface area is 189 Å². The highest BCUT2D eigenvalue weighted by molar-refractivity contribution is 5.91. The van der Waals surface area contributed by atoms with Gasteiger partial charge in [0.2, 0.25) is 5.91 Å². The summed E-state index contributed by atoms with van der Waals surface area (Å²) in [6.45, 7) is 0.951. The molecule has 4 heteroatoms. The molecule has 0 heterocycles. The third kappa shape index (κ3) is 5.16. The molecule has 0 spiro atoms. The molecule has 0 atom stereocenters. The summed E-state index contributed by atoms with van der Waals surface area (Å²) in [4.78, 5) is 13.0. The third-order valence-electron chi connectivity index (χ3n) is 5.54. The second-order valence-corrected chi connectivity index (χ2v) is 7.73. The molecule has 4 aromatic rings. The van der Waals surface area contributed by atoms with Gasteiger partial charge in [0.05, 0.1) is 6.04 Å². The van der Waals surface area contributed by atoms with Crippen molar-refractivity contribution in [3.05, 3.63) is 114 Å². The van der Waals surface area contributed by atoms with E-state index in [0.717, 1.165) is 33.2 Å². The molecule has 0 bridgehead atoms. The molecule has 0 radical (unpaired) electrons. The monoisotopic (exact) mass is 424 g/mol. The van der Waals surface area contributed by atoms with Gasteiger partial charge in [0.25, 0.3) is 0 Å². The SMILES string of the molecule is NCCOc1cccc2c(CCC(=O)NC(c3ccccc3)c3ccccc3)cccc12. The fourth-order valence-electron chi connectivity index (χ4n) is 3.99. The first-order valence-corrected chi connectivity index (χ1v) is 11.0. The average molecular weight is 425 g/mol. The third-order valence-corrected chi connectivity index (χ3v) is 5.54. The largest absolute Gasteiger partial charge is 0.492 e. The molecule has 0 aliphatic rings. The Morgan fingerprint density at radius 3 is 2.06 bits per heavy atom. The Morgan fingerprint density at radius 1 is 0.781 bits per heavy atom. The topological polar surface area (TPSA) is 64.3 Å². The first-order valence-electron chi connectivity index (χ1n) is 11.0. The minimum Gasteiger partial charge on any atom is -0.492 e. The lowest BCUT2D eigenvalue weighted by Gasteiger charge is -2.20. The standard InChI is InChI=1S/C28H28N2O2/c29-19-20-32-26-16-8-14-24-21(13-7-15-25(24)26)17-18-27(31)30-28(22-9-3-1-4-10-22)23-11-5-2-6-12-23/h1-16,28H,17-20,29H2,(H,30,31). The van der Waals surface area contributed by atoms with E-state index in [-0.39, 0.29) is 11.9 Å². The Hall–Kier alpha value is -3.63. The number of benzene rings is 4. The van der Waals surface area contributed by atoms with Crippen LogP contribution < -0.4 is 15.8 Å². The predicted molar refractivity (Wildman–Crippen MR) is 130 cm³/mol. The minimum atomic E-state index is -0.173. The van der Waals surface area contributed by atoms with Crippen molar-refractivity contribution in [2.75, 3.05) is 13.2 Å². The molecule has 1 amide bonds. The number of ether oxygens (including phenoxy) is 1. The van der Waals surface area contributed by atoms with Crippen molar-refractivity contribution >= 4 is 16.7 Å². The van der Waals surface area contributed by atoms with Gasteiger partial charge in [0, 0.05) is 18.4 Å². The maximum atomic E-state index is 13.0. The molecular weight excluding hydrogens is 396 g/mol. The number of nitrogens with one attached hydrogen (secondary N) is 1. The van der Waals surface area contributed by atoms with Crippen LogP contribution in [0.3, 0.4) is 0 Å². The van der Waals surface area contributed by atoms with E-state index in [4.69, 9.17) is 10.5 Å². The number of carbonyl (C=O) groups excluding carboxylic acids is 1. The van der Waals surface area contributed by atoms with E-state index in [1.807, 2.05) is 84.9 Å². The molecule has 4 rings (SSSR count). The summed E-state index contributed by atoms with van der Waals surface area (Å²) in [5.74, 6) is 0.850. The summed E-state index contributed by atoms with van der Waals surface area (Å²) in [7, 11) is 0. The maximum Gasteiger partial charge on any atom is 0.221 e. The normalized spacial score (nSPS) is 10.9. The zero-order valence-electron chi connectivity index (χ0n) is 18.0. The van der Waals surface area contributed by atoms with Crippen LogP contribution in [0, 0.1) is 0 Å². The Bertz CT molecular complexity index is 1120. The van der Waals surface area contributed by atoms with Crippen LogP contribution >= 0.6 is 0 Å². The van der Waals surface area contributed by atoms with Crippen molar-refractivity contribution in [1.82, 2.24) is 5.32 Å². The van der Waals surface area contributed by atoms with E-state index in [1.54, 1.807) is 0 Å². The van der Waals surface area contributed by atoms with Crippen molar-refractivity contribution in [1.29, 1.82) is 0 Å². The van der Waals surface area contributed by atoms with Gasteiger partial charge in [-0.2, -0.15) is 0 Å². The van der Waals surface area contributed by atoms with E-state index in [1.165, 1.54) is 0 Å². The van der Waals surface area contributed by atoms with Crippen molar-refractivity contribution in [2.45, 2.75) is 18.9 Å². The first kappa shape index (κ1) is 21.6. The number of carbonyl (C=O) groups is 1. The molecule has 162 valence electrons. The fraction of sp³-hybridized carbons (Fsp3) is 0.179. The number of hydrogen-bond acceptors (Lipinski definition) is 3. The van der Waals surface area contributed by atoms with Crippen LogP contribution in [-0.4, -0.2) is 19.1 Å². The highest BCUT2D eigenvalue weighted by Gasteiger charge is 2.17. The van der Waals surface area contributed by atoms with E-state index in [0.29, 0.717) is 26.0 Å². The predicted octanol–water partition coefficient (Wildman–Crippen LogP) is 5.02. The molecule has 4 aromatic carbocycles. The van der Waals surface area contributed by atoms with Gasteiger partial charge in [-0.25, -0.2) is 0 Å². The Balaban J connectivity index is 1.50. The summed E-state index contributed by atoms with van der Waals surface area (Å²) < 4.78 is 5.80.